The van der Waals surface area contributed by atoms with E-state index < -0.39 is 12.4 Å². The summed E-state index contributed by atoms with van der Waals surface area (Å²) in [5, 5.41) is 12.8. The number of hydrogen-bond acceptors (Lipinski definition) is 4. The number of hydrogen-bond donors (Lipinski definition) is 1. The minimum atomic E-state index is -1.06. The van der Waals surface area contributed by atoms with E-state index in [1.165, 1.54) is 13.3 Å². The number of aliphatic hydroxyl groups is 1. The molecule has 0 radical (unpaired) electrons. The van der Waals surface area contributed by atoms with Crippen molar-refractivity contribution in [3.8, 4) is 0 Å². The zero-order chi connectivity index (χ0) is 12.8. The van der Waals surface area contributed by atoms with Crippen molar-refractivity contribution < 1.29 is 14.6 Å². The van der Waals surface area contributed by atoms with Crippen molar-refractivity contribution in [2.24, 2.45) is 0 Å². The second-order valence-corrected chi connectivity index (χ2v) is 4.60. The van der Waals surface area contributed by atoms with Crippen molar-refractivity contribution in [1.82, 2.24) is 10.0 Å². The zero-order valence-corrected chi connectivity index (χ0v) is 11.1. The molecule has 1 amide bonds. The lowest BCUT2D eigenvalue weighted by Gasteiger charge is -2.40. The number of ether oxygens (including phenoxy) is 1. The van der Waals surface area contributed by atoms with Gasteiger partial charge in [0.25, 0.3) is 0 Å². The maximum Gasteiger partial charge on any atom is 0.427 e. The number of rotatable bonds is 4. The highest BCUT2D eigenvalue weighted by atomic mass is 16.6. The molecule has 100 valence electrons. The average Bonchev–Trinajstić information content (AvgIpc) is 2.29. The molecule has 1 heterocycles. The van der Waals surface area contributed by atoms with Crippen molar-refractivity contribution in [2.75, 3.05) is 13.1 Å². The minimum absolute atomic E-state index is 0.0966. The van der Waals surface area contributed by atoms with Gasteiger partial charge in [0.1, 0.15) is 0 Å². The first kappa shape index (κ1) is 14.3. The number of carbonyl (C=O) groups excluding carboxylic acids is 1. The van der Waals surface area contributed by atoms with E-state index in [4.69, 9.17) is 9.84 Å². The monoisotopic (exact) mass is 244 g/mol. The van der Waals surface area contributed by atoms with Crippen LogP contribution in [0.2, 0.25) is 0 Å². The van der Waals surface area contributed by atoms with E-state index in [9.17, 15) is 4.79 Å². The third-order valence-electron chi connectivity index (χ3n) is 3.10. The van der Waals surface area contributed by atoms with Gasteiger partial charge in [-0.2, -0.15) is 0 Å². The normalized spacial score (nSPS) is 20.7. The maximum atomic E-state index is 12.0. The van der Waals surface area contributed by atoms with Gasteiger partial charge in [0.15, 0.2) is 6.29 Å². The predicted octanol–water partition coefficient (Wildman–Crippen LogP) is 1.96. The van der Waals surface area contributed by atoms with Crippen molar-refractivity contribution in [1.29, 1.82) is 0 Å². The molecular formula is C12H24N2O3. The van der Waals surface area contributed by atoms with Crippen LogP contribution in [0.25, 0.3) is 0 Å². The van der Waals surface area contributed by atoms with Crippen molar-refractivity contribution in [3.05, 3.63) is 0 Å². The molecule has 0 saturated carbocycles. The molecule has 0 aromatic rings. The Morgan fingerprint density at radius 3 is 2.41 bits per heavy atom. The first-order valence-corrected chi connectivity index (χ1v) is 6.49. The molecule has 1 saturated heterocycles. The van der Waals surface area contributed by atoms with E-state index in [1.54, 1.807) is 5.01 Å². The molecule has 2 atom stereocenters. The van der Waals surface area contributed by atoms with Gasteiger partial charge in [-0.05, 0) is 33.1 Å². The third-order valence-corrected chi connectivity index (χ3v) is 3.10. The van der Waals surface area contributed by atoms with E-state index in [0.717, 1.165) is 32.4 Å². The molecule has 0 aromatic carbocycles. The topological polar surface area (TPSA) is 53.0 Å². The molecule has 5 nitrogen and oxygen atoms in total. The number of hydrazine groups is 1. The standard InChI is InChI=1S/C12H24N2O3/c1-4-10(2)14(12(16)17-11(3)15)13-8-6-5-7-9-13/h10-11,15H,4-9H2,1-3H3. The summed E-state index contributed by atoms with van der Waals surface area (Å²) in [6, 6.07) is 0.0966. The van der Waals surface area contributed by atoms with Gasteiger partial charge < -0.3 is 9.84 Å². The van der Waals surface area contributed by atoms with Gasteiger partial charge in [-0.15, -0.1) is 0 Å². The fourth-order valence-corrected chi connectivity index (χ4v) is 2.04. The minimum Gasteiger partial charge on any atom is -0.419 e. The Labute approximate surface area is 103 Å². The zero-order valence-electron chi connectivity index (χ0n) is 11.1. The number of carbonyl (C=O) groups is 1. The van der Waals surface area contributed by atoms with Crippen molar-refractivity contribution >= 4 is 6.09 Å². The second kappa shape index (κ2) is 6.81. The van der Waals surface area contributed by atoms with Crippen molar-refractivity contribution in [2.45, 2.75) is 58.8 Å². The Morgan fingerprint density at radius 1 is 1.35 bits per heavy atom. The second-order valence-electron chi connectivity index (χ2n) is 4.60. The fourth-order valence-electron chi connectivity index (χ4n) is 2.04. The highest BCUT2D eigenvalue weighted by Gasteiger charge is 2.28. The SMILES string of the molecule is CCC(C)N(C(=O)OC(C)O)N1CCCCC1. The average molecular weight is 244 g/mol. The molecule has 0 aromatic heterocycles. The van der Waals surface area contributed by atoms with Crippen LogP contribution in [-0.2, 0) is 4.74 Å². The molecule has 1 N–H and O–H groups in total. The summed E-state index contributed by atoms with van der Waals surface area (Å²) in [5.41, 5.74) is 0. The molecule has 0 aliphatic carbocycles. The van der Waals surface area contributed by atoms with Crippen LogP contribution in [0, 0.1) is 0 Å². The van der Waals surface area contributed by atoms with Crippen molar-refractivity contribution in [3.63, 3.8) is 0 Å². The third kappa shape index (κ3) is 4.16. The molecule has 5 heteroatoms. The summed E-state index contributed by atoms with van der Waals surface area (Å²) in [6.07, 6.45) is 2.79. The molecule has 1 rings (SSSR count). The summed E-state index contributed by atoms with van der Waals surface area (Å²) in [4.78, 5) is 12.0. The van der Waals surface area contributed by atoms with Gasteiger partial charge in [0.05, 0.1) is 0 Å². The summed E-state index contributed by atoms with van der Waals surface area (Å²) in [6.45, 7) is 7.26. The molecule has 1 aliphatic rings. The summed E-state index contributed by atoms with van der Waals surface area (Å²) >= 11 is 0. The van der Waals surface area contributed by atoms with Gasteiger partial charge >= 0.3 is 6.09 Å². The van der Waals surface area contributed by atoms with Crippen LogP contribution in [0.4, 0.5) is 4.79 Å². The van der Waals surface area contributed by atoms with Crippen LogP contribution in [0.3, 0.4) is 0 Å². The quantitative estimate of drug-likeness (QED) is 0.768. The highest BCUT2D eigenvalue weighted by molar-refractivity contribution is 5.67. The first-order chi connectivity index (χ1) is 8.06. The lowest BCUT2D eigenvalue weighted by atomic mass is 10.1. The van der Waals surface area contributed by atoms with Gasteiger partial charge in [0, 0.05) is 19.1 Å². The summed E-state index contributed by atoms with van der Waals surface area (Å²) in [5.74, 6) is 0. The molecule has 17 heavy (non-hydrogen) atoms. The molecule has 0 spiro atoms. The Kier molecular flexibility index (Phi) is 5.71. The molecule has 2 unspecified atom stereocenters. The molecule has 0 bridgehead atoms. The number of nitrogens with zero attached hydrogens (tertiary/aromatic N) is 2. The lowest BCUT2D eigenvalue weighted by Crippen LogP contribution is -2.53. The molecular weight excluding hydrogens is 220 g/mol. The number of amides is 1. The van der Waals surface area contributed by atoms with E-state index >= 15 is 0 Å². The lowest BCUT2D eigenvalue weighted by molar-refractivity contribution is -0.103. The molecule has 1 fully saturated rings. The fraction of sp³-hybridized carbons (Fsp3) is 0.917. The Balaban J connectivity index is 2.67. The van der Waals surface area contributed by atoms with E-state index in [-0.39, 0.29) is 6.04 Å². The Bertz CT molecular complexity index is 240. The predicted molar refractivity (Wildman–Crippen MR) is 65.2 cm³/mol. The van der Waals surface area contributed by atoms with Gasteiger partial charge in [-0.25, -0.2) is 14.8 Å². The van der Waals surface area contributed by atoms with Crippen LogP contribution < -0.4 is 0 Å². The van der Waals surface area contributed by atoms with Gasteiger partial charge in [0.2, 0.25) is 0 Å². The smallest absolute Gasteiger partial charge is 0.419 e. The van der Waals surface area contributed by atoms with Crippen LogP contribution in [0.5, 0.6) is 0 Å². The maximum absolute atomic E-state index is 12.0. The van der Waals surface area contributed by atoms with Gasteiger partial charge in [-0.1, -0.05) is 13.3 Å². The number of aliphatic hydroxyl groups excluding tert-OH is 1. The summed E-state index contributed by atoms with van der Waals surface area (Å²) < 4.78 is 4.89. The van der Waals surface area contributed by atoms with Crippen LogP contribution in [0.15, 0.2) is 0 Å². The van der Waals surface area contributed by atoms with Crippen LogP contribution in [0.1, 0.15) is 46.5 Å². The van der Waals surface area contributed by atoms with E-state index in [0.29, 0.717) is 0 Å². The van der Waals surface area contributed by atoms with Crippen LogP contribution in [-0.4, -0.2) is 46.6 Å². The van der Waals surface area contributed by atoms with E-state index in [1.807, 2.05) is 18.9 Å². The Hall–Kier alpha value is -0.810. The first-order valence-electron chi connectivity index (χ1n) is 6.49. The number of piperidine rings is 1. The largest absolute Gasteiger partial charge is 0.427 e. The molecule has 1 aliphatic heterocycles. The van der Waals surface area contributed by atoms with E-state index in [2.05, 4.69) is 0 Å². The highest BCUT2D eigenvalue weighted by Crippen LogP contribution is 2.17. The van der Waals surface area contributed by atoms with Gasteiger partial charge in [-0.3, -0.25) is 0 Å². The Morgan fingerprint density at radius 2 is 1.94 bits per heavy atom. The van der Waals surface area contributed by atoms with Crippen LogP contribution >= 0.6 is 0 Å². The summed E-state index contributed by atoms with van der Waals surface area (Å²) in [7, 11) is 0.